The number of nitrogens with zero attached hydrogens (tertiary/aromatic N) is 2. The first-order valence-electron chi connectivity index (χ1n) is 8.99. The van der Waals surface area contributed by atoms with E-state index in [2.05, 4.69) is 15.4 Å². The molecule has 4 aromatic rings. The van der Waals surface area contributed by atoms with E-state index in [1.807, 2.05) is 0 Å². The van der Waals surface area contributed by atoms with Gasteiger partial charge in [-0.05, 0) is 43.3 Å². The smallest absolute Gasteiger partial charge is 0.400 e. The minimum atomic E-state index is -0.779. The van der Waals surface area contributed by atoms with Gasteiger partial charge in [0.1, 0.15) is 23.6 Å². The first-order valence-corrected chi connectivity index (χ1v) is 10.6. The lowest BCUT2D eigenvalue weighted by Gasteiger charge is -2.14. The summed E-state index contributed by atoms with van der Waals surface area (Å²) in [5.41, 5.74) is 3.51. The number of rotatable bonds is 8. The molecule has 11 heteroatoms. The van der Waals surface area contributed by atoms with Crippen LogP contribution in [0.3, 0.4) is 0 Å². The van der Waals surface area contributed by atoms with Crippen LogP contribution < -0.4 is 15.0 Å². The molecule has 0 saturated heterocycles. The van der Waals surface area contributed by atoms with Crippen molar-refractivity contribution >= 4 is 51.5 Å². The van der Waals surface area contributed by atoms with E-state index in [1.165, 1.54) is 11.3 Å². The summed E-state index contributed by atoms with van der Waals surface area (Å²) in [5, 5.41) is 0.549. The number of aromatic nitrogens is 2. The highest BCUT2D eigenvalue weighted by Gasteiger charge is 2.15. The van der Waals surface area contributed by atoms with Gasteiger partial charge < -0.3 is 13.9 Å². The molecule has 1 N–H and O–H groups in total. The standard InChI is InChI=1S/C20H15Cl2N3O5S/c1-11(18(26)25-27-10-15-9-23-19(22)31-15)28-13-3-5-14(6-4-13)29-20-24-16-7-2-12(21)8-17(16)30-20/h2-9,11H,10H2,1H3,(H,25,26). The van der Waals surface area contributed by atoms with Crippen molar-refractivity contribution in [3.8, 4) is 17.6 Å². The summed E-state index contributed by atoms with van der Waals surface area (Å²) in [4.78, 5) is 26.2. The van der Waals surface area contributed by atoms with E-state index in [4.69, 9.17) is 41.9 Å². The number of nitrogens with one attached hydrogen (secondary N) is 1. The van der Waals surface area contributed by atoms with E-state index in [0.717, 1.165) is 4.88 Å². The van der Waals surface area contributed by atoms with Crippen molar-refractivity contribution in [2.75, 3.05) is 0 Å². The second-order valence-electron chi connectivity index (χ2n) is 6.26. The monoisotopic (exact) mass is 479 g/mol. The third-order valence-electron chi connectivity index (χ3n) is 3.95. The number of carbonyl (C=O) groups excluding carboxylic acids is 1. The number of hydrogen-bond donors (Lipinski definition) is 1. The number of benzene rings is 2. The van der Waals surface area contributed by atoms with Crippen LogP contribution >= 0.6 is 34.5 Å². The molecule has 1 amide bonds. The van der Waals surface area contributed by atoms with Crippen molar-refractivity contribution in [3.63, 3.8) is 0 Å². The number of hydrogen-bond acceptors (Lipinski definition) is 8. The topological polar surface area (TPSA) is 95.7 Å². The van der Waals surface area contributed by atoms with E-state index in [1.54, 1.807) is 55.6 Å². The summed E-state index contributed by atoms with van der Waals surface area (Å²) in [6, 6.07) is 11.8. The molecule has 0 saturated carbocycles. The van der Waals surface area contributed by atoms with Crippen molar-refractivity contribution < 1.29 is 23.5 Å². The molecule has 160 valence electrons. The molecule has 8 nitrogen and oxygen atoms in total. The van der Waals surface area contributed by atoms with Gasteiger partial charge in [0.05, 0.1) is 4.88 Å². The van der Waals surface area contributed by atoms with Crippen LogP contribution in [-0.4, -0.2) is 22.0 Å². The summed E-state index contributed by atoms with van der Waals surface area (Å²) < 4.78 is 17.2. The Labute approximate surface area is 190 Å². The van der Waals surface area contributed by atoms with Crippen LogP contribution in [0, 0.1) is 0 Å². The third kappa shape index (κ3) is 5.65. The second kappa shape index (κ2) is 9.52. The molecule has 0 aliphatic heterocycles. The van der Waals surface area contributed by atoms with Gasteiger partial charge in [0.15, 0.2) is 16.2 Å². The number of carbonyl (C=O) groups is 1. The van der Waals surface area contributed by atoms with Gasteiger partial charge in [-0.3, -0.25) is 9.63 Å². The molecule has 0 radical (unpaired) electrons. The van der Waals surface area contributed by atoms with Crippen LogP contribution in [-0.2, 0) is 16.2 Å². The Hall–Kier alpha value is -2.85. The number of hydroxylamine groups is 1. The summed E-state index contributed by atoms with van der Waals surface area (Å²) in [6.07, 6.45) is 0.898. The van der Waals surface area contributed by atoms with Gasteiger partial charge in [-0.15, -0.1) is 11.3 Å². The molecule has 4 rings (SSSR count). The maximum absolute atomic E-state index is 12.1. The Bertz CT molecular complexity index is 1200. The Kier molecular flexibility index (Phi) is 6.57. The Morgan fingerprint density at radius 2 is 1.97 bits per heavy atom. The predicted molar refractivity (Wildman–Crippen MR) is 116 cm³/mol. The zero-order chi connectivity index (χ0) is 21.8. The number of ether oxygens (including phenoxy) is 2. The van der Waals surface area contributed by atoms with Gasteiger partial charge in [-0.25, -0.2) is 10.5 Å². The average Bonchev–Trinajstić information content (AvgIpc) is 3.34. The fourth-order valence-electron chi connectivity index (χ4n) is 2.48. The lowest BCUT2D eigenvalue weighted by molar-refractivity contribution is -0.141. The van der Waals surface area contributed by atoms with Crippen LogP contribution in [0.1, 0.15) is 11.8 Å². The fraction of sp³-hybridized carbons (Fsp3) is 0.150. The maximum Gasteiger partial charge on any atom is 0.400 e. The van der Waals surface area contributed by atoms with E-state index in [-0.39, 0.29) is 12.7 Å². The fourth-order valence-corrected chi connectivity index (χ4v) is 3.53. The SMILES string of the molecule is CC(Oc1ccc(Oc2nc3ccc(Cl)cc3o2)cc1)C(=O)NOCc1cnc(Cl)s1. The van der Waals surface area contributed by atoms with Crippen LogP contribution in [0.15, 0.2) is 53.1 Å². The molecule has 1 atom stereocenters. The molecule has 0 bridgehead atoms. The van der Waals surface area contributed by atoms with Crippen molar-refractivity contribution in [1.82, 2.24) is 15.4 Å². The van der Waals surface area contributed by atoms with E-state index in [9.17, 15) is 4.79 Å². The number of oxazole rings is 1. The second-order valence-corrected chi connectivity index (χ2v) is 8.39. The molecule has 0 spiro atoms. The van der Waals surface area contributed by atoms with E-state index in [0.29, 0.717) is 32.1 Å². The van der Waals surface area contributed by atoms with E-state index < -0.39 is 12.0 Å². The zero-order valence-corrected chi connectivity index (χ0v) is 18.3. The van der Waals surface area contributed by atoms with Crippen molar-refractivity contribution in [3.05, 3.63) is 63.0 Å². The summed E-state index contributed by atoms with van der Waals surface area (Å²) >= 11 is 13.0. The lowest BCUT2D eigenvalue weighted by atomic mass is 10.3. The first-order chi connectivity index (χ1) is 15.0. The van der Waals surface area contributed by atoms with Crippen LogP contribution in [0.5, 0.6) is 17.6 Å². The predicted octanol–water partition coefficient (Wildman–Crippen LogP) is 5.40. The molecule has 1 unspecified atom stereocenters. The molecular weight excluding hydrogens is 465 g/mol. The van der Waals surface area contributed by atoms with Crippen LogP contribution in [0.4, 0.5) is 0 Å². The van der Waals surface area contributed by atoms with Crippen LogP contribution in [0.25, 0.3) is 11.1 Å². The quantitative estimate of drug-likeness (QED) is 0.338. The molecule has 2 aromatic heterocycles. The van der Waals surface area contributed by atoms with Gasteiger partial charge in [0.2, 0.25) is 0 Å². The minimum Gasteiger partial charge on any atom is -0.481 e. The highest BCUT2D eigenvalue weighted by molar-refractivity contribution is 7.15. The first kappa shape index (κ1) is 21.4. The Balaban J connectivity index is 1.28. The molecule has 2 heterocycles. The molecule has 0 aliphatic carbocycles. The van der Waals surface area contributed by atoms with Gasteiger partial charge in [-0.1, -0.05) is 23.2 Å². The Morgan fingerprint density at radius 1 is 1.19 bits per heavy atom. The number of halogens is 2. The molecule has 2 aromatic carbocycles. The highest BCUT2D eigenvalue weighted by Crippen LogP contribution is 2.28. The maximum atomic E-state index is 12.1. The highest BCUT2D eigenvalue weighted by atomic mass is 35.5. The van der Waals surface area contributed by atoms with Gasteiger partial charge in [0, 0.05) is 17.3 Å². The number of fused-ring (bicyclic) bond motifs is 1. The summed E-state index contributed by atoms with van der Waals surface area (Å²) in [7, 11) is 0. The van der Waals surface area contributed by atoms with Crippen molar-refractivity contribution in [2.24, 2.45) is 0 Å². The van der Waals surface area contributed by atoms with Crippen molar-refractivity contribution in [2.45, 2.75) is 19.6 Å². The minimum absolute atomic E-state index is 0.0954. The van der Waals surface area contributed by atoms with E-state index >= 15 is 0 Å². The van der Waals surface area contributed by atoms with Gasteiger partial charge >= 0.3 is 6.08 Å². The largest absolute Gasteiger partial charge is 0.481 e. The van der Waals surface area contributed by atoms with Crippen molar-refractivity contribution in [1.29, 1.82) is 0 Å². The number of amides is 1. The third-order valence-corrected chi connectivity index (χ3v) is 5.28. The molecule has 0 aliphatic rings. The summed E-state index contributed by atoms with van der Waals surface area (Å²) in [6.45, 7) is 1.77. The van der Waals surface area contributed by atoms with Gasteiger partial charge in [-0.2, -0.15) is 4.98 Å². The molecular formula is C20H15Cl2N3O5S. The average molecular weight is 480 g/mol. The molecule has 31 heavy (non-hydrogen) atoms. The molecule has 0 fully saturated rings. The van der Waals surface area contributed by atoms with Crippen LogP contribution in [0.2, 0.25) is 9.49 Å². The normalized spacial score (nSPS) is 12.0. The summed E-state index contributed by atoms with van der Waals surface area (Å²) in [5.74, 6) is 0.545. The Morgan fingerprint density at radius 3 is 2.71 bits per heavy atom. The number of thiazole rings is 1. The lowest BCUT2D eigenvalue weighted by Crippen LogP contribution is -2.36. The zero-order valence-electron chi connectivity index (χ0n) is 16.0. The van der Waals surface area contributed by atoms with Gasteiger partial charge in [0.25, 0.3) is 5.91 Å².